The number of hydrogen-bond acceptors (Lipinski definition) is 4. The van der Waals surface area contributed by atoms with Crippen molar-refractivity contribution < 1.29 is 19.1 Å². The van der Waals surface area contributed by atoms with Crippen molar-refractivity contribution in [3.8, 4) is 5.75 Å². The molecule has 1 aromatic carbocycles. The molecule has 4 unspecified atom stereocenters. The molecule has 4 atom stereocenters. The van der Waals surface area contributed by atoms with Gasteiger partial charge in [0, 0.05) is 29.9 Å². The van der Waals surface area contributed by atoms with E-state index in [1.54, 1.807) is 12.1 Å². The van der Waals surface area contributed by atoms with Crippen molar-refractivity contribution in [3.05, 3.63) is 52.4 Å². The molecule has 156 valence electrons. The molecule has 0 spiro atoms. The minimum Gasteiger partial charge on any atom is -0.493 e. The van der Waals surface area contributed by atoms with E-state index < -0.39 is 5.97 Å². The van der Waals surface area contributed by atoms with Gasteiger partial charge in [0.25, 0.3) is 0 Å². The molecule has 1 heterocycles. The highest BCUT2D eigenvalue weighted by atomic mass is 16.5. The summed E-state index contributed by atoms with van der Waals surface area (Å²) in [5.74, 6) is 0.898. The lowest BCUT2D eigenvalue weighted by molar-refractivity contribution is -0.138. The highest BCUT2D eigenvalue weighted by molar-refractivity contribution is 5.77. The molecule has 1 aromatic heterocycles. The number of carbonyl (C=O) groups is 1. The first-order chi connectivity index (χ1) is 13.7. The summed E-state index contributed by atoms with van der Waals surface area (Å²) >= 11 is 0. The van der Waals surface area contributed by atoms with E-state index in [2.05, 4.69) is 33.8 Å². The van der Waals surface area contributed by atoms with E-state index in [0.29, 0.717) is 36.2 Å². The van der Waals surface area contributed by atoms with Crippen LogP contribution in [0.15, 0.2) is 51.2 Å². The first-order valence-electron chi connectivity index (χ1n) is 10.2. The predicted molar refractivity (Wildman–Crippen MR) is 113 cm³/mol. The van der Waals surface area contributed by atoms with Crippen molar-refractivity contribution in [1.82, 2.24) is 0 Å². The maximum Gasteiger partial charge on any atom is 0.336 e. The standard InChI is InChI=1S/C24H30O5/c1-15(2)11-18-12-16(3)20(24(18,4)10-9-22(25)26)14-28-19-7-5-17-6-8-23(27)29-21(17)13-19/h5-8,11,13,16,18,20H,9-10,12,14H2,1-4H3,(H,25,26). The average Bonchev–Trinajstić information content (AvgIpc) is 2.87. The summed E-state index contributed by atoms with van der Waals surface area (Å²) in [4.78, 5) is 22.7. The number of benzene rings is 1. The number of rotatable bonds is 7. The van der Waals surface area contributed by atoms with Crippen LogP contribution < -0.4 is 10.4 Å². The summed E-state index contributed by atoms with van der Waals surface area (Å²) in [6.45, 7) is 9.12. The van der Waals surface area contributed by atoms with Gasteiger partial charge < -0.3 is 14.3 Å². The SMILES string of the molecule is CC(C)=CC1CC(C)C(COc2ccc3ccc(=O)oc3c2)C1(C)CCC(=O)O. The van der Waals surface area contributed by atoms with Gasteiger partial charge in [0.05, 0.1) is 6.61 Å². The summed E-state index contributed by atoms with van der Waals surface area (Å²) < 4.78 is 11.4. The molecule has 1 saturated carbocycles. The Morgan fingerprint density at radius 3 is 2.72 bits per heavy atom. The fourth-order valence-corrected chi connectivity index (χ4v) is 4.84. The molecule has 1 fully saturated rings. The minimum absolute atomic E-state index is 0.140. The molecule has 5 heteroatoms. The van der Waals surface area contributed by atoms with Crippen molar-refractivity contribution in [2.45, 2.75) is 47.0 Å². The first-order valence-corrected chi connectivity index (χ1v) is 10.2. The Kier molecular flexibility index (Phi) is 6.15. The minimum atomic E-state index is -0.758. The van der Waals surface area contributed by atoms with Gasteiger partial charge in [0.1, 0.15) is 11.3 Å². The molecule has 1 aliphatic carbocycles. The highest BCUT2D eigenvalue weighted by Gasteiger charge is 2.49. The van der Waals surface area contributed by atoms with Gasteiger partial charge in [-0.05, 0) is 62.1 Å². The van der Waals surface area contributed by atoms with Gasteiger partial charge in [-0.25, -0.2) is 4.79 Å². The molecule has 1 N–H and O–H groups in total. The van der Waals surface area contributed by atoms with Crippen LogP contribution in [0.2, 0.25) is 0 Å². The third-order valence-corrected chi connectivity index (χ3v) is 6.44. The number of hydrogen-bond donors (Lipinski definition) is 1. The Morgan fingerprint density at radius 2 is 2.03 bits per heavy atom. The predicted octanol–water partition coefficient (Wildman–Crippen LogP) is 5.28. The number of carboxylic acids is 1. The van der Waals surface area contributed by atoms with Crippen LogP contribution in [0.3, 0.4) is 0 Å². The summed E-state index contributed by atoms with van der Waals surface area (Å²) in [7, 11) is 0. The number of fused-ring (bicyclic) bond motifs is 1. The van der Waals surface area contributed by atoms with Crippen LogP contribution in [0.4, 0.5) is 0 Å². The van der Waals surface area contributed by atoms with Gasteiger partial charge in [-0.3, -0.25) is 4.79 Å². The lowest BCUT2D eigenvalue weighted by atomic mass is 9.69. The molecule has 29 heavy (non-hydrogen) atoms. The van der Waals surface area contributed by atoms with E-state index in [4.69, 9.17) is 9.15 Å². The van der Waals surface area contributed by atoms with Gasteiger partial charge in [0.2, 0.25) is 0 Å². The fourth-order valence-electron chi connectivity index (χ4n) is 4.84. The van der Waals surface area contributed by atoms with Crippen molar-refractivity contribution in [1.29, 1.82) is 0 Å². The van der Waals surface area contributed by atoms with Crippen molar-refractivity contribution >= 4 is 16.9 Å². The maximum absolute atomic E-state index is 11.5. The van der Waals surface area contributed by atoms with E-state index >= 15 is 0 Å². The second-order valence-corrected chi connectivity index (χ2v) is 8.83. The smallest absolute Gasteiger partial charge is 0.336 e. The largest absolute Gasteiger partial charge is 0.493 e. The Labute approximate surface area is 171 Å². The average molecular weight is 398 g/mol. The Hall–Kier alpha value is -2.56. The highest BCUT2D eigenvalue weighted by Crippen LogP contribution is 2.54. The Balaban J connectivity index is 1.82. The molecule has 3 rings (SSSR count). The molecule has 2 aromatic rings. The summed E-state index contributed by atoms with van der Waals surface area (Å²) in [5.41, 5.74) is 1.24. The summed E-state index contributed by atoms with van der Waals surface area (Å²) in [6, 6.07) is 8.64. The van der Waals surface area contributed by atoms with Crippen LogP contribution in [0.5, 0.6) is 5.75 Å². The van der Waals surface area contributed by atoms with E-state index in [0.717, 1.165) is 11.8 Å². The zero-order chi connectivity index (χ0) is 21.2. The first kappa shape index (κ1) is 21.2. The van der Waals surface area contributed by atoms with Gasteiger partial charge in [-0.1, -0.05) is 25.5 Å². The molecule has 0 radical (unpaired) electrons. The monoisotopic (exact) mass is 398 g/mol. The molecule has 0 aliphatic heterocycles. The summed E-state index contributed by atoms with van der Waals surface area (Å²) in [6.07, 6.45) is 4.11. The Bertz CT molecular complexity index is 969. The molecule has 5 nitrogen and oxygen atoms in total. The molecular formula is C24H30O5. The third kappa shape index (κ3) is 4.72. The van der Waals surface area contributed by atoms with Gasteiger partial charge in [-0.15, -0.1) is 0 Å². The van der Waals surface area contributed by atoms with Crippen LogP contribution >= 0.6 is 0 Å². The lowest BCUT2D eigenvalue weighted by Crippen LogP contribution is -2.34. The number of ether oxygens (including phenoxy) is 1. The molecule has 0 amide bonds. The molecule has 1 aliphatic rings. The van der Waals surface area contributed by atoms with Crippen LogP contribution in [0.25, 0.3) is 11.0 Å². The molecular weight excluding hydrogens is 368 g/mol. The van der Waals surface area contributed by atoms with Gasteiger partial charge in [-0.2, -0.15) is 0 Å². The topological polar surface area (TPSA) is 76.7 Å². The Morgan fingerprint density at radius 1 is 1.31 bits per heavy atom. The van der Waals surface area contributed by atoms with Crippen LogP contribution in [0.1, 0.15) is 47.0 Å². The van der Waals surface area contributed by atoms with Crippen LogP contribution in [-0.4, -0.2) is 17.7 Å². The maximum atomic E-state index is 11.5. The van der Waals surface area contributed by atoms with E-state index in [1.807, 2.05) is 12.1 Å². The van der Waals surface area contributed by atoms with Gasteiger partial charge in [0.15, 0.2) is 0 Å². The van der Waals surface area contributed by atoms with E-state index in [-0.39, 0.29) is 23.4 Å². The second-order valence-electron chi connectivity index (χ2n) is 8.83. The quantitative estimate of drug-likeness (QED) is 0.507. The van der Waals surface area contributed by atoms with E-state index in [9.17, 15) is 14.7 Å². The zero-order valence-corrected chi connectivity index (χ0v) is 17.6. The molecule has 0 bridgehead atoms. The summed E-state index contributed by atoms with van der Waals surface area (Å²) in [5, 5.41) is 10.1. The number of allylic oxidation sites excluding steroid dienone is 2. The van der Waals surface area contributed by atoms with Crippen molar-refractivity contribution in [3.63, 3.8) is 0 Å². The fraction of sp³-hybridized carbons (Fsp3) is 0.500. The van der Waals surface area contributed by atoms with Gasteiger partial charge >= 0.3 is 11.6 Å². The van der Waals surface area contributed by atoms with Crippen molar-refractivity contribution in [2.75, 3.05) is 6.61 Å². The zero-order valence-electron chi connectivity index (χ0n) is 17.6. The lowest BCUT2D eigenvalue weighted by Gasteiger charge is -2.37. The van der Waals surface area contributed by atoms with Crippen LogP contribution in [0, 0.1) is 23.2 Å². The number of aliphatic carboxylic acids is 1. The van der Waals surface area contributed by atoms with Crippen LogP contribution in [-0.2, 0) is 4.79 Å². The third-order valence-electron chi connectivity index (χ3n) is 6.44. The van der Waals surface area contributed by atoms with Crippen molar-refractivity contribution in [2.24, 2.45) is 23.2 Å². The van der Waals surface area contributed by atoms with E-state index in [1.165, 1.54) is 11.6 Å². The second kappa shape index (κ2) is 8.44. The molecule has 0 saturated heterocycles. The normalized spacial score (nSPS) is 26.4. The number of carboxylic acid groups (broad SMARTS) is 1.